The fourth-order valence-electron chi connectivity index (χ4n) is 3.17. The summed E-state index contributed by atoms with van der Waals surface area (Å²) in [7, 11) is 0. The van der Waals surface area contributed by atoms with E-state index in [2.05, 4.69) is 16.1 Å². The zero-order valence-electron chi connectivity index (χ0n) is 14.3. The number of benzene rings is 2. The molecule has 1 aliphatic heterocycles. The average Bonchev–Trinajstić information content (AvgIpc) is 3.09. The van der Waals surface area contributed by atoms with E-state index in [0.717, 1.165) is 36.1 Å². The molecule has 138 valence electrons. The van der Waals surface area contributed by atoms with Gasteiger partial charge < -0.3 is 9.88 Å². The Morgan fingerprint density at radius 1 is 1.11 bits per heavy atom. The number of aromatic nitrogens is 2. The molecule has 1 aliphatic rings. The van der Waals surface area contributed by atoms with Gasteiger partial charge in [-0.25, -0.2) is 9.37 Å². The Morgan fingerprint density at radius 3 is 2.63 bits per heavy atom. The molecule has 0 aliphatic carbocycles. The number of amides is 1. The molecule has 1 N–H and O–H groups in total. The van der Waals surface area contributed by atoms with E-state index in [0.29, 0.717) is 5.69 Å². The van der Waals surface area contributed by atoms with Gasteiger partial charge in [-0.3, -0.25) is 4.79 Å². The van der Waals surface area contributed by atoms with Gasteiger partial charge in [-0.15, -0.1) is 0 Å². The van der Waals surface area contributed by atoms with Gasteiger partial charge in [0.1, 0.15) is 11.6 Å². The first-order valence-electron chi connectivity index (χ1n) is 8.63. The standard InChI is InChI=1S/C20H16Cl2FN3O/c21-15-10-16(22)17(23)9-14(15)20(27)24-13-6-4-12(5-7-13)18-11-26-8-2-1-3-19(26)25-18/h4-7,9-11H,1-3,8H2,(H,24,27). The van der Waals surface area contributed by atoms with Crippen LogP contribution in [-0.2, 0) is 13.0 Å². The number of hydrogen-bond donors (Lipinski definition) is 1. The van der Waals surface area contributed by atoms with Crippen molar-refractivity contribution in [3.8, 4) is 11.3 Å². The van der Waals surface area contributed by atoms with Crippen LogP contribution in [0.1, 0.15) is 29.0 Å². The van der Waals surface area contributed by atoms with Crippen LogP contribution < -0.4 is 5.32 Å². The van der Waals surface area contributed by atoms with Crippen molar-refractivity contribution in [3.05, 3.63) is 69.8 Å². The summed E-state index contributed by atoms with van der Waals surface area (Å²) in [6.45, 7) is 1.01. The van der Waals surface area contributed by atoms with Crippen LogP contribution in [0.25, 0.3) is 11.3 Å². The molecule has 4 rings (SSSR count). The Labute approximate surface area is 165 Å². The molecule has 0 unspecified atom stereocenters. The minimum atomic E-state index is -0.690. The number of anilines is 1. The fourth-order valence-corrected chi connectivity index (χ4v) is 3.64. The molecule has 0 fully saturated rings. The van der Waals surface area contributed by atoms with Crippen LogP contribution in [0.2, 0.25) is 10.0 Å². The van der Waals surface area contributed by atoms with Gasteiger partial charge >= 0.3 is 0 Å². The van der Waals surface area contributed by atoms with Crippen molar-refractivity contribution in [3.63, 3.8) is 0 Å². The highest BCUT2D eigenvalue weighted by atomic mass is 35.5. The summed E-state index contributed by atoms with van der Waals surface area (Å²) in [4.78, 5) is 17.1. The van der Waals surface area contributed by atoms with Crippen molar-refractivity contribution in [2.75, 3.05) is 5.32 Å². The molecule has 7 heteroatoms. The third-order valence-electron chi connectivity index (χ3n) is 4.60. The third-order valence-corrected chi connectivity index (χ3v) is 5.20. The Morgan fingerprint density at radius 2 is 1.89 bits per heavy atom. The highest BCUT2D eigenvalue weighted by molar-refractivity contribution is 6.37. The second-order valence-corrected chi connectivity index (χ2v) is 7.28. The summed E-state index contributed by atoms with van der Waals surface area (Å²) in [5.41, 5.74) is 2.52. The quantitative estimate of drug-likeness (QED) is 0.579. The van der Waals surface area contributed by atoms with E-state index in [1.807, 2.05) is 12.1 Å². The predicted octanol–water partition coefficient (Wildman–Crippen LogP) is 5.58. The van der Waals surface area contributed by atoms with Crippen LogP contribution in [0, 0.1) is 5.82 Å². The number of carbonyl (C=O) groups excluding carboxylic acids is 1. The van der Waals surface area contributed by atoms with Crippen LogP contribution >= 0.6 is 23.2 Å². The molecule has 0 saturated heterocycles. The van der Waals surface area contributed by atoms with Crippen molar-refractivity contribution in [1.82, 2.24) is 9.55 Å². The lowest BCUT2D eigenvalue weighted by Crippen LogP contribution is -2.12. The molecule has 0 spiro atoms. The number of aryl methyl sites for hydroxylation is 2. The van der Waals surface area contributed by atoms with Crippen molar-refractivity contribution >= 4 is 34.8 Å². The van der Waals surface area contributed by atoms with E-state index >= 15 is 0 Å². The Balaban J connectivity index is 1.52. The van der Waals surface area contributed by atoms with Crippen LogP contribution in [-0.4, -0.2) is 15.5 Å². The molecule has 3 aromatic rings. The minimum Gasteiger partial charge on any atom is -0.334 e. The number of carbonyl (C=O) groups is 1. The number of halogens is 3. The van der Waals surface area contributed by atoms with Crippen LogP contribution in [0.15, 0.2) is 42.6 Å². The Kier molecular flexibility index (Phi) is 4.89. The molecule has 27 heavy (non-hydrogen) atoms. The highest BCUT2D eigenvalue weighted by Gasteiger charge is 2.16. The van der Waals surface area contributed by atoms with Gasteiger partial charge in [0.15, 0.2) is 0 Å². The lowest BCUT2D eigenvalue weighted by Gasteiger charge is -2.11. The molecule has 1 amide bonds. The van der Waals surface area contributed by atoms with E-state index in [9.17, 15) is 9.18 Å². The van der Waals surface area contributed by atoms with Crippen LogP contribution in [0.5, 0.6) is 0 Å². The van der Waals surface area contributed by atoms with Crippen molar-refractivity contribution < 1.29 is 9.18 Å². The van der Waals surface area contributed by atoms with Gasteiger partial charge in [0.25, 0.3) is 5.91 Å². The molecule has 4 nitrogen and oxygen atoms in total. The summed E-state index contributed by atoms with van der Waals surface area (Å²) in [5, 5.41) is 2.69. The van der Waals surface area contributed by atoms with E-state index in [1.54, 1.807) is 12.1 Å². The Hall–Kier alpha value is -2.37. The van der Waals surface area contributed by atoms with Crippen molar-refractivity contribution in [1.29, 1.82) is 0 Å². The molecule has 2 aromatic carbocycles. The summed E-state index contributed by atoms with van der Waals surface area (Å²) in [6, 6.07) is 9.61. The maximum atomic E-state index is 13.6. The maximum absolute atomic E-state index is 13.6. The molecular weight excluding hydrogens is 388 g/mol. The molecule has 0 bridgehead atoms. The molecular formula is C20H16Cl2FN3O. The average molecular weight is 404 g/mol. The molecule has 0 saturated carbocycles. The fraction of sp³-hybridized carbons (Fsp3) is 0.200. The van der Waals surface area contributed by atoms with Crippen molar-refractivity contribution in [2.24, 2.45) is 0 Å². The summed E-state index contributed by atoms with van der Waals surface area (Å²) in [5.74, 6) is -0.0703. The number of nitrogens with zero attached hydrogens (tertiary/aromatic N) is 2. The first-order chi connectivity index (χ1) is 13.0. The minimum absolute atomic E-state index is 0.0319. The summed E-state index contributed by atoms with van der Waals surface area (Å²) < 4.78 is 15.8. The second-order valence-electron chi connectivity index (χ2n) is 6.47. The lowest BCUT2D eigenvalue weighted by molar-refractivity contribution is 0.102. The smallest absolute Gasteiger partial charge is 0.257 e. The van der Waals surface area contributed by atoms with Gasteiger partial charge in [-0.2, -0.15) is 0 Å². The van der Waals surface area contributed by atoms with Crippen LogP contribution in [0.3, 0.4) is 0 Å². The maximum Gasteiger partial charge on any atom is 0.257 e. The normalized spacial score (nSPS) is 13.3. The lowest BCUT2D eigenvalue weighted by atomic mass is 10.1. The van der Waals surface area contributed by atoms with Gasteiger partial charge in [0, 0.05) is 30.4 Å². The topological polar surface area (TPSA) is 46.9 Å². The van der Waals surface area contributed by atoms with E-state index < -0.39 is 11.7 Å². The first kappa shape index (κ1) is 18.0. The third kappa shape index (κ3) is 3.70. The van der Waals surface area contributed by atoms with E-state index in [4.69, 9.17) is 28.2 Å². The SMILES string of the molecule is O=C(Nc1ccc(-c2cn3c(n2)CCCC3)cc1)c1cc(F)c(Cl)cc1Cl. The monoisotopic (exact) mass is 403 g/mol. The van der Waals surface area contributed by atoms with Crippen LogP contribution in [0.4, 0.5) is 10.1 Å². The van der Waals surface area contributed by atoms with Gasteiger partial charge in [0.05, 0.1) is 21.3 Å². The van der Waals surface area contributed by atoms with Gasteiger partial charge in [0.2, 0.25) is 0 Å². The molecule has 0 radical (unpaired) electrons. The number of nitrogens with one attached hydrogen (secondary N) is 1. The zero-order valence-corrected chi connectivity index (χ0v) is 15.8. The number of hydrogen-bond acceptors (Lipinski definition) is 2. The number of fused-ring (bicyclic) bond motifs is 1. The molecule has 1 aromatic heterocycles. The largest absolute Gasteiger partial charge is 0.334 e. The number of imidazole rings is 1. The highest BCUT2D eigenvalue weighted by Crippen LogP contribution is 2.26. The molecule has 0 atom stereocenters. The van der Waals surface area contributed by atoms with E-state index in [1.165, 1.54) is 18.9 Å². The van der Waals surface area contributed by atoms with Gasteiger partial charge in [-0.1, -0.05) is 35.3 Å². The summed E-state index contributed by atoms with van der Waals surface area (Å²) in [6.07, 6.45) is 5.43. The number of rotatable bonds is 3. The first-order valence-corrected chi connectivity index (χ1v) is 9.39. The summed E-state index contributed by atoms with van der Waals surface area (Å²) >= 11 is 11.7. The van der Waals surface area contributed by atoms with Crippen molar-refractivity contribution in [2.45, 2.75) is 25.8 Å². The zero-order chi connectivity index (χ0) is 19.0. The Bertz CT molecular complexity index is 991. The van der Waals surface area contributed by atoms with E-state index in [-0.39, 0.29) is 15.6 Å². The predicted molar refractivity (Wildman–Crippen MR) is 105 cm³/mol. The molecule has 2 heterocycles. The second kappa shape index (κ2) is 7.33. The van der Waals surface area contributed by atoms with Gasteiger partial charge in [-0.05, 0) is 37.1 Å².